The van der Waals surface area contributed by atoms with Crippen molar-refractivity contribution in [3.05, 3.63) is 64.2 Å². The Kier molecular flexibility index (Phi) is 4.74. The van der Waals surface area contributed by atoms with E-state index in [-0.39, 0.29) is 17.2 Å². The molecule has 0 unspecified atom stereocenters. The summed E-state index contributed by atoms with van der Waals surface area (Å²) in [6, 6.07) is 12.6. The highest BCUT2D eigenvalue weighted by Gasteiger charge is 2.20. The molecule has 2 aromatic rings. The minimum Gasteiger partial charge on any atom is -0.322 e. The molecule has 1 aliphatic heterocycles. The minimum atomic E-state index is -0.542. The average molecular weight is 339 g/mol. The van der Waals surface area contributed by atoms with Gasteiger partial charge in [-0.15, -0.1) is 0 Å². The largest absolute Gasteiger partial charge is 0.322 e. The van der Waals surface area contributed by atoms with Crippen LogP contribution in [0.15, 0.2) is 48.5 Å². The van der Waals surface area contributed by atoms with Gasteiger partial charge in [0, 0.05) is 42.0 Å². The third-order valence-corrected chi connectivity index (χ3v) is 4.06. The Hall–Kier alpha value is -3.22. The second kappa shape index (κ2) is 7.12. The van der Waals surface area contributed by atoms with Crippen molar-refractivity contribution in [3.8, 4) is 0 Å². The van der Waals surface area contributed by atoms with Crippen molar-refractivity contribution < 1.29 is 14.5 Å². The zero-order valence-electron chi connectivity index (χ0n) is 13.5. The first-order chi connectivity index (χ1) is 12.0. The third-order valence-electron chi connectivity index (χ3n) is 4.06. The number of nitro benzene ring substituents is 1. The van der Waals surface area contributed by atoms with Crippen molar-refractivity contribution in [3.63, 3.8) is 0 Å². The normalized spacial score (nSPS) is 14.2. The van der Waals surface area contributed by atoms with E-state index < -0.39 is 10.8 Å². The topological polar surface area (TPSA) is 92.6 Å². The van der Waals surface area contributed by atoms with Gasteiger partial charge in [-0.3, -0.25) is 19.7 Å². The van der Waals surface area contributed by atoms with Gasteiger partial charge < -0.3 is 10.2 Å². The summed E-state index contributed by atoms with van der Waals surface area (Å²) in [5, 5.41) is 13.5. The fourth-order valence-corrected chi connectivity index (χ4v) is 2.79. The Labute approximate surface area is 144 Å². The van der Waals surface area contributed by atoms with Crippen molar-refractivity contribution in [2.45, 2.75) is 19.3 Å². The number of carbonyl (C=O) groups excluding carboxylic acids is 2. The summed E-state index contributed by atoms with van der Waals surface area (Å²) in [6.07, 6.45) is 2.39. The summed E-state index contributed by atoms with van der Waals surface area (Å²) in [5.41, 5.74) is 1.34. The number of non-ortho nitro benzene ring substituents is 1. The molecule has 2 aromatic carbocycles. The Bertz CT molecular complexity index is 835. The smallest absolute Gasteiger partial charge is 0.270 e. The summed E-state index contributed by atoms with van der Waals surface area (Å²) in [5.74, 6) is -0.362. The summed E-state index contributed by atoms with van der Waals surface area (Å²) < 4.78 is 0. The number of hydrogen-bond acceptors (Lipinski definition) is 4. The lowest BCUT2D eigenvalue weighted by molar-refractivity contribution is -0.384. The van der Waals surface area contributed by atoms with Gasteiger partial charge in [-0.05, 0) is 37.1 Å². The van der Waals surface area contributed by atoms with E-state index in [0.29, 0.717) is 18.7 Å². The summed E-state index contributed by atoms with van der Waals surface area (Å²) in [4.78, 5) is 36.3. The molecule has 1 aliphatic rings. The number of hydrogen-bond donors (Lipinski definition) is 1. The van der Waals surface area contributed by atoms with E-state index in [4.69, 9.17) is 0 Å². The van der Waals surface area contributed by atoms with E-state index in [2.05, 4.69) is 5.32 Å². The van der Waals surface area contributed by atoms with E-state index >= 15 is 0 Å². The number of carbonyl (C=O) groups is 2. The Balaban J connectivity index is 1.78. The van der Waals surface area contributed by atoms with E-state index in [0.717, 1.165) is 18.5 Å². The molecule has 1 heterocycles. The highest BCUT2D eigenvalue weighted by Crippen LogP contribution is 2.24. The number of benzene rings is 2. The molecule has 0 radical (unpaired) electrons. The molecule has 1 fully saturated rings. The van der Waals surface area contributed by atoms with Gasteiger partial charge in [-0.2, -0.15) is 0 Å². The molecule has 0 aromatic heterocycles. The van der Waals surface area contributed by atoms with Crippen molar-refractivity contribution in [1.29, 1.82) is 0 Å². The van der Waals surface area contributed by atoms with Crippen LogP contribution in [0.5, 0.6) is 0 Å². The molecule has 0 spiro atoms. The molecule has 7 heteroatoms. The van der Waals surface area contributed by atoms with Crippen LogP contribution in [-0.4, -0.2) is 23.3 Å². The molecule has 3 rings (SSSR count). The molecule has 0 aliphatic carbocycles. The molecule has 0 atom stereocenters. The van der Waals surface area contributed by atoms with Crippen LogP contribution in [0.3, 0.4) is 0 Å². The van der Waals surface area contributed by atoms with E-state index in [1.165, 1.54) is 24.3 Å². The lowest BCUT2D eigenvalue weighted by Gasteiger charge is -2.27. The first kappa shape index (κ1) is 16.6. The molecule has 1 N–H and O–H groups in total. The maximum absolute atomic E-state index is 12.3. The molecule has 7 nitrogen and oxygen atoms in total. The summed E-state index contributed by atoms with van der Waals surface area (Å²) in [7, 11) is 0. The molecule has 0 bridgehead atoms. The average Bonchev–Trinajstić information content (AvgIpc) is 2.62. The van der Waals surface area contributed by atoms with E-state index in [1.807, 2.05) is 6.07 Å². The maximum Gasteiger partial charge on any atom is 0.270 e. The molecule has 128 valence electrons. The van der Waals surface area contributed by atoms with Gasteiger partial charge >= 0.3 is 0 Å². The first-order valence-corrected chi connectivity index (χ1v) is 8.01. The minimum absolute atomic E-state index is 0.0772. The molecular weight excluding hydrogens is 322 g/mol. The van der Waals surface area contributed by atoms with Crippen LogP contribution < -0.4 is 10.2 Å². The second-order valence-electron chi connectivity index (χ2n) is 5.81. The lowest BCUT2D eigenvalue weighted by Crippen LogP contribution is -2.35. The number of rotatable bonds is 4. The number of anilines is 2. The molecule has 2 amide bonds. The van der Waals surface area contributed by atoms with Crippen LogP contribution in [0, 0.1) is 10.1 Å². The SMILES string of the molecule is O=C(Nc1cccc(N2CCCCC2=O)c1)c1cccc([N+](=O)[O-])c1. The van der Waals surface area contributed by atoms with Crippen molar-refractivity contribution in [2.24, 2.45) is 0 Å². The number of amides is 2. The van der Waals surface area contributed by atoms with Gasteiger partial charge in [0.2, 0.25) is 5.91 Å². The summed E-state index contributed by atoms with van der Waals surface area (Å²) >= 11 is 0. The number of nitro groups is 1. The predicted molar refractivity (Wildman–Crippen MR) is 93.7 cm³/mol. The van der Waals surface area contributed by atoms with Crippen LogP contribution in [0.4, 0.5) is 17.1 Å². The standard InChI is InChI=1S/C18H17N3O4/c22-17-9-1-2-10-20(17)15-7-4-6-14(12-15)19-18(23)13-5-3-8-16(11-13)21(24)25/h3-8,11-12H,1-2,9-10H2,(H,19,23). The van der Waals surface area contributed by atoms with Crippen LogP contribution in [0.1, 0.15) is 29.6 Å². The Morgan fingerprint density at radius 3 is 2.68 bits per heavy atom. The van der Waals surface area contributed by atoms with E-state index in [1.54, 1.807) is 23.1 Å². The van der Waals surface area contributed by atoms with Crippen LogP contribution >= 0.6 is 0 Å². The highest BCUT2D eigenvalue weighted by atomic mass is 16.6. The molecular formula is C18H17N3O4. The summed E-state index contributed by atoms with van der Waals surface area (Å²) in [6.45, 7) is 0.668. The second-order valence-corrected chi connectivity index (χ2v) is 5.81. The van der Waals surface area contributed by atoms with Gasteiger partial charge in [0.25, 0.3) is 11.6 Å². The quantitative estimate of drug-likeness (QED) is 0.683. The zero-order valence-corrected chi connectivity index (χ0v) is 13.5. The number of nitrogens with zero attached hydrogens (tertiary/aromatic N) is 2. The Morgan fingerprint density at radius 1 is 1.12 bits per heavy atom. The van der Waals surface area contributed by atoms with Gasteiger partial charge in [0.15, 0.2) is 0 Å². The van der Waals surface area contributed by atoms with Crippen LogP contribution in [-0.2, 0) is 4.79 Å². The predicted octanol–water partition coefficient (Wildman–Crippen LogP) is 3.36. The fraction of sp³-hybridized carbons (Fsp3) is 0.222. The van der Waals surface area contributed by atoms with Crippen molar-refractivity contribution in [1.82, 2.24) is 0 Å². The Morgan fingerprint density at radius 2 is 1.92 bits per heavy atom. The third kappa shape index (κ3) is 3.82. The number of nitrogens with one attached hydrogen (secondary N) is 1. The van der Waals surface area contributed by atoms with Crippen molar-refractivity contribution in [2.75, 3.05) is 16.8 Å². The number of piperidine rings is 1. The molecule has 1 saturated heterocycles. The zero-order chi connectivity index (χ0) is 17.8. The van der Waals surface area contributed by atoms with Gasteiger partial charge in [-0.25, -0.2) is 0 Å². The molecule has 25 heavy (non-hydrogen) atoms. The van der Waals surface area contributed by atoms with Gasteiger partial charge in [-0.1, -0.05) is 12.1 Å². The van der Waals surface area contributed by atoms with E-state index in [9.17, 15) is 19.7 Å². The van der Waals surface area contributed by atoms with Crippen LogP contribution in [0.2, 0.25) is 0 Å². The lowest BCUT2D eigenvalue weighted by atomic mass is 10.1. The van der Waals surface area contributed by atoms with Crippen molar-refractivity contribution >= 4 is 28.9 Å². The molecule has 0 saturated carbocycles. The maximum atomic E-state index is 12.3. The monoisotopic (exact) mass is 339 g/mol. The fourth-order valence-electron chi connectivity index (χ4n) is 2.79. The van der Waals surface area contributed by atoms with Gasteiger partial charge in [0.1, 0.15) is 0 Å². The first-order valence-electron chi connectivity index (χ1n) is 8.01. The van der Waals surface area contributed by atoms with Gasteiger partial charge in [0.05, 0.1) is 4.92 Å². The highest BCUT2D eigenvalue weighted by molar-refractivity contribution is 6.05. The van der Waals surface area contributed by atoms with Crippen LogP contribution in [0.25, 0.3) is 0 Å².